The van der Waals surface area contributed by atoms with Crippen molar-refractivity contribution in [2.75, 3.05) is 19.6 Å². The average molecular weight is 383 g/mol. The molecular formula is C16H22N4O3S2. The Hall–Kier alpha value is -1.71. The molecule has 25 heavy (non-hydrogen) atoms. The molecule has 1 fully saturated rings. The van der Waals surface area contributed by atoms with Gasteiger partial charge in [0, 0.05) is 25.3 Å². The second kappa shape index (κ2) is 7.67. The Kier molecular flexibility index (Phi) is 5.55. The summed E-state index contributed by atoms with van der Waals surface area (Å²) in [5, 5.41) is 11.3. The number of carbonyl (C=O) groups excluding carboxylic acids is 1. The van der Waals surface area contributed by atoms with Crippen LogP contribution in [0, 0.1) is 6.92 Å². The van der Waals surface area contributed by atoms with E-state index < -0.39 is 10.0 Å². The highest BCUT2D eigenvalue weighted by atomic mass is 32.2. The Labute approximate surface area is 151 Å². The first-order valence-corrected chi connectivity index (χ1v) is 10.7. The summed E-state index contributed by atoms with van der Waals surface area (Å²) >= 11 is 1.17. The van der Waals surface area contributed by atoms with Crippen LogP contribution >= 0.6 is 11.3 Å². The average Bonchev–Trinajstić information content (AvgIpc) is 3.32. The monoisotopic (exact) mass is 382 g/mol. The third kappa shape index (κ3) is 3.94. The van der Waals surface area contributed by atoms with Crippen LogP contribution in [0.15, 0.2) is 22.5 Å². The molecule has 136 valence electrons. The van der Waals surface area contributed by atoms with Crippen LogP contribution in [-0.2, 0) is 16.4 Å². The van der Waals surface area contributed by atoms with E-state index >= 15 is 0 Å². The van der Waals surface area contributed by atoms with E-state index in [9.17, 15) is 13.2 Å². The molecule has 1 aliphatic heterocycles. The van der Waals surface area contributed by atoms with Gasteiger partial charge in [-0.3, -0.25) is 9.89 Å². The summed E-state index contributed by atoms with van der Waals surface area (Å²) in [4.78, 5) is 12.8. The number of nitrogens with zero attached hydrogens (tertiary/aromatic N) is 2. The smallest absolute Gasteiger partial charge is 0.262 e. The van der Waals surface area contributed by atoms with E-state index in [-0.39, 0.29) is 15.7 Å². The summed E-state index contributed by atoms with van der Waals surface area (Å²) in [6.07, 6.45) is 5.12. The van der Waals surface area contributed by atoms with Gasteiger partial charge in [-0.05, 0) is 49.6 Å². The number of sulfonamides is 1. The highest BCUT2D eigenvalue weighted by Crippen LogP contribution is 2.27. The maximum Gasteiger partial charge on any atom is 0.262 e. The molecule has 2 aromatic heterocycles. The lowest BCUT2D eigenvalue weighted by atomic mass is 10.1. The van der Waals surface area contributed by atoms with Gasteiger partial charge in [0.05, 0.1) is 6.20 Å². The zero-order chi connectivity index (χ0) is 17.9. The first-order chi connectivity index (χ1) is 12.0. The molecule has 0 aromatic carbocycles. The van der Waals surface area contributed by atoms with Crippen LogP contribution in [0.25, 0.3) is 0 Å². The molecule has 2 N–H and O–H groups in total. The predicted molar refractivity (Wildman–Crippen MR) is 96.3 cm³/mol. The molecule has 0 radical (unpaired) electrons. The van der Waals surface area contributed by atoms with Gasteiger partial charge in [0.15, 0.2) is 0 Å². The number of aromatic nitrogens is 2. The lowest BCUT2D eigenvalue weighted by Gasteiger charge is -2.15. The molecule has 3 rings (SSSR count). The first kappa shape index (κ1) is 18.1. The van der Waals surface area contributed by atoms with Gasteiger partial charge in [-0.25, -0.2) is 8.42 Å². The molecule has 0 atom stereocenters. The fraction of sp³-hybridized carbons (Fsp3) is 0.500. The minimum absolute atomic E-state index is 0.127. The number of nitrogens with one attached hydrogen (secondary N) is 2. The highest BCUT2D eigenvalue weighted by Gasteiger charge is 2.31. The molecule has 9 heteroatoms. The van der Waals surface area contributed by atoms with Gasteiger partial charge in [0.2, 0.25) is 10.0 Å². The Bertz CT molecular complexity index is 835. The van der Waals surface area contributed by atoms with Crippen molar-refractivity contribution in [3.63, 3.8) is 0 Å². The van der Waals surface area contributed by atoms with Crippen LogP contribution in [0.4, 0.5) is 0 Å². The summed E-state index contributed by atoms with van der Waals surface area (Å²) in [5.74, 6) is -0.323. The Morgan fingerprint density at radius 2 is 2.16 bits per heavy atom. The Morgan fingerprint density at radius 3 is 2.84 bits per heavy atom. The van der Waals surface area contributed by atoms with E-state index in [2.05, 4.69) is 15.5 Å². The Morgan fingerprint density at radius 1 is 1.40 bits per heavy atom. The van der Waals surface area contributed by atoms with Crippen molar-refractivity contribution in [2.24, 2.45) is 0 Å². The maximum atomic E-state index is 12.7. The molecule has 0 bridgehead atoms. The summed E-state index contributed by atoms with van der Waals surface area (Å²) < 4.78 is 26.8. The van der Waals surface area contributed by atoms with Crippen molar-refractivity contribution < 1.29 is 13.2 Å². The zero-order valence-corrected chi connectivity index (χ0v) is 15.8. The van der Waals surface area contributed by atoms with Crippen molar-refractivity contribution in [2.45, 2.75) is 37.5 Å². The zero-order valence-electron chi connectivity index (χ0n) is 14.1. The summed E-state index contributed by atoms with van der Waals surface area (Å²) in [5.41, 5.74) is 2.16. The van der Waals surface area contributed by atoms with Gasteiger partial charge >= 0.3 is 0 Å². The minimum atomic E-state index is -3.57. The van der Waals surface area contributed by atoms with Crippen LogP contribution in [-0.4, -0.2) is 48.5 Å². The molecule has 3 heterocycles. The topological polar surface area (TPSA) is 95.2 Å². The number of H-pyrrole nitrogens is 1. The standard InChI is InChI=1S/C16H22N4O3S2/c1-12-13(11-18-19-12)5-4-7-17-16(21)15-14(6-10-24-15)25(22,23)20-8-2-3-9-20/h6,10-11H,2-5,7-9H2,1H3,(H,17,21)(H,18,19). The second-order valence-electron chi connectivity index (χ2n) is 6.10. The van der Waals surface area contributed by atoms with E-state index in [0.717, 1.165) is 36.9 Å². The number of hydrogen-bond donors (Lipinski definition) is 2. The van der Waals surface area contributed by atoms with Crippen molar-refractivity contribution in [1.29, 1.82) is 0 Å². The number of hydrogen-bond acceptors (Lipinski definition) is 5. The summed E-state index contributed by atoms with van der Waals surface area (Å²) in [6, 6.07) is 1.53. The second-order valence-corrected chi connectivity index (χ2v) is 8.93. The quantitative estimate of drug-likeness (QED) is 0.715. The third-order valence-electron chi connectivity index (χ3n) is 4.36. The van der Waals surface area contributed by atoms with Gasteiger partial charge in [-0.1, -0.05) is 0 Å². The number of rotatable bonds is 7. The van der Waals surface area contributed by atoms with Gasteiger partial charge in [0.1, 0.15) is 9.77 Å². The molecule has 1 aliphatic rings. The van der Waals surface area contributed by atoms with Gasteiger partial charge in [-0.15, -0.1) is 11.3 Å². The van der Waals surface area contributed by atoms with Crippen LogP contribution in [0.5, 0.6) is 0 Å². The Balaban J connectivity index is 1.60. The van der Waals surface area contributed by atoms with Crippen molar-refractivity contribution in [3.05, 3.63) is 33.8 Å². The number of aromatic amines is 1. The highest BCUT2D eigenvalue weighted by molar-refractivity contribution is 7.89. The molecule has 0 aliphatic carbocycles. The van der Waals surface area contributed by atoms with Gasteiger partial charge in [-0.2, -0.15) is 9.40 Å². The normalized spacial score (nSPS) is 15.6. The fourth-order valence-corrected chi connectivity index (χ4v) is 5.76. The largest absolute Gasteiger partial charge is 0.351 e. The van der Waals surface area contributed by atoms with Crippen LogP contribution in [0.3, 0.4) is 0 Å². The van der Waals surface area contributed by atoms with Crippen LogP contribution in [0.2, 0.25) is 0 Å². The minimum Gasteiger partial charge on any atom is -0.351 e. The molecule has 0 spiro atoms. The van der Waals surface area contributed by atoms with E-state index in [1.165, 1.54) is 21.7 Å². The summed E-state index contributed by atoms with van der Waals surface area (Å²) in [6.45, 7) is 3.51. The lowest BCUT2D eigenvalue weighted by Crippen LogP contribution is -2.30. The molecule has 1 saturated heterocycles. The molecule has 7 nitrogen and oxygen atoms in total. The van der Waals surface area contributed by atoms with E-state index in [4.69, 9.17) is 0 Å². The fourth-order valence-electron chi connectivity index (χ4n) is 2.92. The number of amides is 1. The van der Waals surface area contributed by atoms with Crippen molar-refractivity contribution in [3.8, 4) is 0 Å². The maximum absolute atomic E-state index is 12.7. The summed E-state index contributed by atoms with van der Waals surface area (Å²) in [7, 11) is -3.57. The molecule has 2 aromatic rings. The van der Waals surface area contributed by atoms with Crippen LogP contribution < -0.4 is 5.32 Å². The SMILES string of the molecule is Cc1[nH]ncc1CCCNC(=O)c1sccc1S(=O)(=O)N1CCCC1. The molecule has 0 saturated carbocycles. The third-order valence-corrected chi connectivity index (χ3v) is 7.34. The molecule has 0 unspecified atom stereocenters. The lowest BCUT2D eigenvalue weighted by molar-refractivity contribution is 0.0954. The molecule has 1 amide bonds. The van der Waals surface area contributed by atoms with E-state index in [1.807, 2.05) is 6.92 Å². The van der Waals surface area contributed by atoms with E-state index in [0.29, 0.717) is 19.6 Å². The number of thiophene rings is 1. The van der Waals surface area contributed by atoms with Gasteiger partial charge < -0.3 is 5.32 Å². The van der Waals surface area contributed by atoms with Gasteiger partial charge in [0.25, 0.3) is 5.91 Å². The molecular weight excluding hydrogens is 360 g/mol. The number of aryl methyl sites for hydroxylation is 2. The number of carbonyl (C=O) groups is 1. The predicted octanol–water partition coefficient (Wildman–Crippen LogP) is 1.93. The van der Waals surface area contributed by atoms with Crippen molar-refractivity contribution in [1.82, 2.24) is 19.8 Å². The van der Waals surface area contributed by atoms with Crippen LogP contribution in [0.1, 0.15) is 40.2 Å². The van der Waals surface area contributed by atoms with E-state index in [1.54, 1.807) is 11.6 Å². The van der Waals surface area contributed by atoms with Crippen molar-refractivity contribution >= 4 is 27.3 Å². The first-order valence-electron chi connectivity index (χ1n) is 8.35.